The smallest absolute Gasteiger partial charge is 0.211 e. The van der Waals surface area contributed by atoms with Crippen LogP contribution in [0.15, 0.2) is 24.3 Å². The van der Waals surface area contributed by atoms with E-state index in [2.05, 4.69) is 35.9 Å². The Kier molecular flexibility index (Phi) is 5.65. The SMILES string of the molecule is CCCS(=O)(=O)NCCc1ccc(CC)cc1. The first kappa shape index (κ1) is 14.2. The van der Waals surface area contributed by atoms with E-state index in [0.29, 0.717) is 13.0 Å². The van der Waals surface area contributed by atoms with Crippen LogP contribution in [-0.2, 0) is 22.9 Å². The molecule has 0 heterocycles. The summed E-state index contributed by atoms with van der Waals surface area (Å²) in [4.78, 5) is 0. The monoisotopic (exact) mass is 255 g/mol. The molecule has 0 spiro atoms. The number of rotatable bonds is 7. The lowest BCUT2D eigenvalue weighted by Gasteiger charge is -2.06. The third-order valence-corrected chi connectivity index (χ3v) is 4.23. The van der Waals surface area contributed by atoms with Crippen molar-refractivity contribution in [3.05, 3.63) is 35.4 Å². The quantitative estimate of drug-likeness (QED) is 0.811. The van der Waals surface area contributed by atoms with Gasteiger partial charge in [-0.3, -0.25) is 0 Å². The van der Waals surface area contributed by atoms with Gasteiger partial charge in [0.25, 0.3) is 0 Å². The van der Waals surface area contributed by atoms with Crippen LogP contribution < -0.4 is 4.72 Å². The first-order valence-corrected chi connectivity index (χ1v) is 7.77. The number of benzene rings is 1. The maximum absolute atomic E-state index is 11.4. The second-order valence-corrected chi connectivity index (χ2v) is 6.06. The van der Waals surface area contributed by atoms with Crippen LogP contribution in [0.3, 0.4) is 0 Å². The van der Waals surface area contributed by atoms with E-state index in [1.807, 2.05) is 6.92 Å². The van der Waals surface area contributed by atoms with Gasteiger partial charge in [0.2, 0.25) is 10.0 Å². The highest BCUT2D eigenvalue weighted by Gasteiger charge is 2.06. The van der Waals surface area contributed by atoms with Gasteiger partial charge in [0, 0.05) is 6.54 Å². The molecule has 0 saturated heterocycles. The molecule has 4 heteroatoms. The second-order valence-electron chi connectivity index (χ2n) is 4.13. The summed E-state index contributed by atoms with van der Waals surface area (Å²) in [5.74, 6) is 0.210. The number of nitrogens with one attached hydrogen (secondary N) is 1. The fourth-order valence-corrected chi connectivity index (χ4v) is 2.73. The molecule has 17 heavy (non-hydrogen) atoms. The third-order valence-electron chi connectivity index (χ3n) is 2.64. The summed E-state index contributed by atoms with van der Waals surface area (Å²) < 4.78 is 25.4. The predicted molar refractivity (Wildman–Crippen MR) is 71.6 cm³/mol. The van der Waals surface area contributed by atoms with Gasteiger partial charge in [-0.05, 0) is 30.4 Å². The molecule has 1 rings (SSSR count). The van der Waals surface area contributed by atoms with Crippen molar-refractivity contribution in [2.24, 2.45) is 0 Å². The van der Waals surface area contributed by atoms with Crippen LogP contribution in [0.25, 0.3) is 0 Å². The molecule has 96 valence electrons. The van der Waals surface area contributed by atoms with Crippen molar-refractivity contribution in [3.63, 3.8) is 0 Å². The molecule has 0 aliphatic heterocycles. The van der Waals surface area contributed by atoms with E-state index in [1.54, 1.807) is 0 Å². The summed E-state index contributed by atoms with van der Waals surface area (Å²) >= 11 is 0. The van der Waals surface area contributed by atoms with Gasteiger partial charge >= 0.3 is 0 Å². The zero-order chi connectivity index (χ0) is 12.7. The molecule has 0 amide bonds. The standard InChI is InChI=1S/C13H21NO2S/c1-3-11-17(15,16)14-10-9-13-7-5-12(4-2)6-8-13/h5-8,14H,3-4,9-11H2,1-2H3. The van der Waals surface area contributed by atoms with Gasteiger partial charge in [-0.2, -0.15) is 0 Å². The predicted octanol–water partition coefficient (Wildman–Crippen LogP) is 2.12. The average molecular weight is 255 g/mol. The zero-order valence-corrected chi connectivity index (χ0v) is 11.4. The molecule has 0 aliphatic rings. The van der Waals surface area contributed by atoms with E-state index in [9.17, 15) is 8.42 Å². The van der Waals surface area contributed by atoms with Crippen LogP contribution in [-0.4, -0.2) is 20.7 Å². The summed E-state index contributed by atoms with van der Waals surface area (Å²) in [6, 6.07) is 8.31. The highest BCUT2D eigenvalue weighted by Crippen LogP contribution is 2.05. The molecular formula is C13H21NO2S. The molecule has 1 aromatic carbocycles. The first-order chi connectivity index (χ1) is 8.07. The molecule has 1 N–H and O–H groups in total. The van der Waals surface area contributed by atoms with Crippen molar-refractivity contribution in [1.82, 2.24) is 4.72 Å². The summed E-state index contributed by atoms with van der Waals surface area (Å²) in [6.45, 7) is 4.46. The van der Waals surface area contributed by atoms with E-state index in [-0.39, 0.29) is 5.75 Å². The average Bonchev–Trinajstić information content (AvgIpc) is 2.29. The van der Waals surface area contributed by atoms with Crippen LogP contribution in [0, 0.1) is 0 Å². The third kappa shape index (κ3) is 5.33. The molecule has 0 fully saturated rings. The van der Waals surface area contributed by atoms with E-state index in [4.69, 9.17) is 0 Å². The highest BCUT2D eigenvalue weighted by molar-refractivity contribution is 7.89. The van der Waals surface area contributed by atoms with Gasteiger partial charge in [-0.15, -0.1) is 0 Å². The molecule has 3 nitrogen and oxygen atoms in total. The molecule has 1 aromatic rings. The van der Waals surface area contributed by atoms with Gasteiger partial charge in [0.05, 0.1) is 5.75 Å². The summed E-state index contributed by atoms with van der Waals surface area (Å²) in [5.41, 5.74) is 2.47. The van der Waals surface area contributed by atoms with Gasteiger partial charge in [0.1, 0.15) is 0 Å². The van der Waals surface area contributed by atoms with E-state index < -0.39 is 10.0 Å². The van der Waals surface area contributed by atoms with Crippen LogP contribution in [0.1, 0.15) is 31.4 Å². The van der Waals surface area contributed by atoms with Gasteiger partial charge < -0.3 is 0 Å². The van der Waals surface area contributed by atoms with Crippen LogP contribution in [0.4, 0.5) is 0 Å². The molecule has 0 bridgehead atoms. The first-order valence-electron chi connectivity index (χ1n) is 6.12. The highest BCUT2D eigenvalue weighted by atomic mass is 32.2. The van der Waals surface area contributed by atoms with E-state index in [0.717, 1.165) is 12.8 Å². The van der Waals surface area contributed by atoms with Gasteiger partial charge in [-0.1, -0.05) is 38.1 Å². The maximum atomic E-state index is 11.4. The summed E-state index contributed by atoms with van der Waals surface area (Å²) in [5, 5.41) is 0. The van der Waals surface area contributed by atoms with Gasteiger partial charge in [0.15, 0.2) is 0 Å². The Balaban J connectivity index is 2.40. The number of hydrogen-bond donors (Lipinski definition) is 1. The number of hydrogen-bond acceptors (Lipinski definition) is 2. The normalized spacial score (nSPS) is 11.6. The molecule has 0 unspecified atom stereocenters. The Bertz CT molecular complexity index is 423. The second kappa shape index (κ2) is 6.77. The lowest BCUT2D eigenvalue weighted by molar-refractivity contribution is 0.580. The summed E-state index contributed by atoms with van der Waals surface area (Å²) in [6.07, 6.45) is 2.43. The van der Waals surface area contributed by atoms with Crippen molar-refractivity contribution in [2.75, 3.05) is 12.3 Å². The molecule has 0 atom stereocenters. The summed E-state index contributed by atoms with van der Waals surface area (Å²) in [7, 11) is -3.06. The Morgan fingerprint density at radius 1 is 1.06 bits per heavy atom. The number of aryl methyl sites for hydroxylation is 1. The fourth-order valence-electron chi connectivity index (χ4n) is 1.63. The Hall–Kier alpha value is -0.870. The molecule has 0 radical (unpaired) electrons. The van der Waals surface area contributed by atoms with Gasteiger partial charge in [-0.25, -0.2) is 13.1 Å². The van der Waals surface area contributed by atoms with Crippen molar-refractivity contribution in [1.29, 1.82) is 0 Å². The van der Waals surface area contributed by atoms with Crippen molar-refractivity contribution in [3.8, 4) is 0 Å². The van der Waals surface area contributed by atoms with Crippen LogP contribution >= 0.6 is 0 Å². The van der Waals surface area contributed by atoms with Crippen molar-refractivity contribution < 1.29 is 8.42 Å². The minimum atomic E-state index is -3.06. The molecule has 0 aromatic heterocycles. The Morgan fingerprint density at radius 3 is 2.18 bits per heavy atom. The van der Waals surface area contributed by atoms with Crippen molar-refractivity contribution in [2.45, 2.75) is 33.1 Å². The Morgan fingerprint density at radius 2 is 1.65 bits per heavy atom. The van der Waals surface area contributed by atoms with Crippen LogP contribution in [0.5, 0.6) is 0 Å². The largest absolute Gasteiger partial charge is 0.215 e. The topological polar surface area (TPSA) is 46.2 Å². The molecule has 0 aliphatic carbocycles. The molecule has 0 saturated carbocycles. The zero-order valence-electron chi connectivity index (χ0n) is 10.6. The Labute approximate surface area is 104 Å². The van der Waals surface area contributed by atoms with E-state index >= 15 is 0 Å². The fraction of sp³-hybridized carbons (Fsp3) is 0.538. The van der Waals surface area contributed by atoms with Crippen LogP contribution in [0.2, 0.25) is 0 Å². The minimum Gasteiger partial charge on any atom is -0.215 e. The van der Waals surface area contributed by atoms with E-state index in [1.165, 1.54) is 11.1 Å². The molecular weight excluding hydrogens is 234 g/mol. The minimum absolute atomic E-state index is 0.210. The lowest BCUT2D eigenvalue weighted by atomic mass is 10.1. The van der Waals surface area contributed by atoms with Crippen molar-refractivity contribution >= 4 is 10.0 Å². The number of sulfonamides is 1. The maximum Gasteiger partial charge on any atom is 0.211 e. The lowest BCUT2D eigenvalue weighted by Crippen LogP contribution is -2.28.